The molecule has 0 saturated heterocycles. The summed E-state index contributed by atoms with van der Waals surface area (Å²) >= 11 is 12.2. The van der Waals surface area contributed by atoms with Gasteiger partial charge in [0.1, 0.15) is 7.11 Å². The van der Waals surface area contributed by atoms with Gasteiger partial charge in [-0.3, -0.25) is 0 Å². The van der Waals surface area contributed by atoms with Gasteiger partial charge in [0.2, 0.25) is 0 Å². The first-order chi connectivity index (χ1) is 10.6. The lowest BCUT2D eigenvalue weighted by atomic mass is 9.86. The number of halogens is 2. The molecule has 1 unspecified atom stereocenters. The van der Waals surface area contributed by atoms with Gasteiger partial charge in [0.05, 0.1) is 22.1 Å². The summed E-state index contributed by atoms with van der Waals surface area (Å²) in [6, 6.07) is 7.31. The molecule has 0 amide bonds. The van der Waals surface area contributed by atoms with Crippen molar-refractivity contribution in [1.82, 2.24) is 10.2 Å². The van der Waals surface area contributed by atoms with Gasteiger partial charge in [0, 0.05) is 16.1 Å². The van der Waals surface area contributed by atoms with E-state index in [0.29, 0.717) is 21.7 Å². The van der Waals surface area contributed by atoms with E-state index in [-0.39, 0.29) is 0 Å². The summed E-state index contributed by atoms with van der Waals surface area (Å²) in [6.45, 7) is 2.17. The van der Waals surface area contributed by atoms with Crippen molar-refractivity contribution in [2.75, 3.05) is 7.11 Å². The van der Waals surface area contributed by atoms with Gasteiger partial charge in [-0.25, -0.2) is 0 Å². The third kappa shape index (κ3) is 2.94. The standard InChI is InChI=1S/C16H15Cl2N3O/c1-9-5-14-12(16(6-9)21-22-2)8-15(20-19-14)11-4-3-10(17)7-13(11)18/h3-4,7-9H,5-6H2,1-2H3/b21-16-. The number of oxime groups is 1. The van der Waals surface area contributed by atoms with Crippen LogP contribution in [0, 0.1) is 5.92 Å². The van der Waals surface area contributed by atoms with E-state index in [1.54, 1.807) is 19.2 Å². The van der Waals surface area contributed by atoms with E-state index in [1.807, 2.05) is 12.1 Å². The van der Waals surface area contributed by atoms with Crippen molar-refractivity contribution in [1.29, 1.82) is 0 Å². The normalized spacial score (nSPS) is 19.1. The number of fused-ring (bicyclic) bond motifs is 1. The van der Waals surface area contributed by atoms with Gasteiger partial charge in [-0.2, -0.15) is 10.2 Å². The molecular weight excluding hydrogens is 321 g/mol. The van der Waals surface area contributed by atoms with Crippen LogP contribution < -0.4 is 0 Å². The monoisotopic (exact) mass is 335 g/mol. The van der Waals surface area contributed by atoms with Crippen LogP contribution in [0.2, 0.25) is 10.0 Å². The first kappa shape index (κ1) is 15.3. The number of rotatable bonds is 2. The van der Waals surface area contributed by atoms with E-state index >= 15 is 0 Å². The molecule has 1 heterocycles. The molecular formula is C16H15Cl2N3O. The number of aromatic nitrogens is 2. The molecule has 0 bridgehead atoms. The van der Waals surface area contributed by atoms with Crippen molar-refractivity contribution in [3.05, 3.63) is 45.6 Å². The number of benzene rings is 1. The number of hydrogen-bond donors (Lipinski definition) is 0. The van der Waals surface area contributed by atoms with Crippen LogP contribution >= 0.6 is 23.2 Å². The Morgan fingerprint density at radius 2 is 1.95 bits per heavy atom. The third-order valence-electron chi connectivity index (χ3n) is 3.67. The molecule has 2 aromatic rings. The van der Waals surface area contributed by atoms with Crippen LogP contribution in [-0.2, 0) is 11.3 Å². The SMILES string of the molecule is CO/N=C1/CC(C)Cc2nnc(-c3ccc(Cl)cc3Cl)cc21. The van der Waals surface area contributed by atoms with Crippen LogP contribution in [0.15, 0.2) is 29.4 Å². The van der Waals surface area contributed by atoms with Crippen LogP contribution in [0.5, 0.6) is 0 Å². The molecule has 1 atom stereocenters. The predicted octanol–water partition coefficient (Wildman–Crippen LogP) is 4.38. The molecule has 0 radical (unpaired) electrons. The molecule has 22 heavy (non-hydrogen) atoms. The van der Waals surface area contributed by atoms with Gasteiger partial charge in [-0.15, -0.1) is 0 Å². The fourth-order valence-electron chi connectivity index (χ4n) is 2.69. The predicted molar refractivity (Wildman–Crippen MR) is 88.5 cm³/mol. The molecule has 1 aromatic heterocycles. The Morgan fingerprint density at radius 3 is 2.68 bits per heavy atom. The highest BCUT2D eigenvalue weighted by Crippen LogP contribution is 2.32. The summed E-state index contributed by atoms with van der Waals surface area (Å²) in [5.41, 5.74) is 4.34. The van der Waals surface area contributed by atoms with Crippen molar-refractivity contribution >= 4 is 28.9 Å². The van der Waals surface area contributed by atoms with Gasteiger partial charge >= 0.3 is 0 Å². The average Bonchev–Trinajstić information content (AvgIpc) is 2.47. The fourth-order valence-corrected chi connectivity index (χ4v) is 3.19. The first-order valence-corrected chi connectivity index (χ1v) is 7.76. The van der Waals surface area contributed by atoms with Crippen molar-refractivity contribution in [2.24, 2.45) is 11.1 Å². The summed E-state index contributed by atoms with van der Waals surface area (Å²) in [4.78, 5) is 4.97. The maximum Gasteiger partial charge on any atom is 0.106 e. The summed E-state index contributed by atoms with van der Waals surface area (Å²) in [5, 5.41) is 14.0. The fraction of sp³-hybridized carbons (Fsp3) is 0.312. The van der Waals surface area contributed by atoms with Gasteiger partial charge in [0.15, 0.2) is 0 Å². The lowest BCUT2D eigenvalue weighted by Gasteiger charge is -2.21. The summed E-state index contributed by atoms with van der Waals surface area (Å²) in [5.74, 6) is 0.473. The van der Waals surface area contributed by atoms with Gasteiger partial charge < -0.3 is 4.84 Å². The van der Waals surface area contributed by atoms with Crippen molar-refractivity contribution in [2.45, 2.75) is 19.8 Å². The second-order valence-corrected chi connectivity index (χ2v) is 6.29. The zero-order valence-corrected chi connectivity index (χ0v) is 13.8. The van der Waals surface area contributed by atoms with Gasteiger partial charge in [-0.1, -0.05) is 35.3 Å². The van der Waals surface area contributed by atoms with E-state index in [4.69, 9.17) is 28.0 Å². The Kier molecular flexibility index (Phi) is 4.32. The highest BCUT2D eigenvalue weighted by Gasteiger charge is 2.24. The summed E-state index contributed by atoms with van der Waals surface area (Å²) in [6.07, 6.45) is 1.75. The highest BCUT2D eigenvalue weighted by molar-refractivity contribution is 6.36. The molecule has 6 heteroatoms. The maximum atomic E-state index is 6.26. The minimum Gasteiger partial charge on any atom is -0.399 e. The Hall–Kier alpha value is -1.65. The van der Waals surface area contributed by atoms with Crippen molar-refractivity contribution in [3.8, 4) is 11.3 Å². The molecule has 0 saturated carbocycles. The van der Waals surface area contributed by atoms with Crippen molar-refractivity contribution in [3.63, 3.8) is 0 Å². The van der Waals surface area contributed by atoms with Crippen LogP contribution in [0.1, 0.15) is 24.6 Å². The molecule has 0 spiro atoms. The Balaban J connectivity index is 2.10. The van der Waals surface area contributed by atoms with Gasteiger partial charge in [0.25, 0.3) is 0 Å². The summed E-state index contributed by atoms with van der Waals surface area (Å²) in [7, 11) is 1.55. The average molecular weight is 336 g/mol. The van der Waals surface area contributed by atoms with E-state index in [1.165, 1.54) is 0 Å². The molecule has 0 fully saturated rings. The van der Waals surface area contributed by atoms with Crippen LogP contribution in [0.3, 0.4) is 0 Å². The first-order valence-electron chi connectivity index (χ1n) is 7.01. The minimum atomic E-state index is 0.473. The number of nitrogens with zero attached hydrogens (tertiary/aromatic N) is 3. The quantitative estimate of drug-likeness (QED) is 0.765. The lowest BCUT2D eigenvalue weighted by Crippen LogP contribution is -2.21. The zero-order chi connectivity index (χ0) is 15.7. The Morgan fingerprint density at radius 1 is 1.14 bits per heavy atom. The third-order valence-corrected chi connectivity index (χ3v) is 4.22. The Labute approximate surface area is 139 Å². The number of hydrogen-bond acceptors (Lipinski definition) is 4. The largest absolute Gasteiger partial charge is 0.399 e. The van der Waals surface area contributed by atoms with E-state index < -0.39 is 0 Å². The Bertz CT molecular complexity index is 746. The van der Waals surface area contributed by atoms with Crippen LogP contribution in [0.4, 0.5) is 0 Å². The topological polar surface area (TPSA) is 47.4 Å². The van der Waals surface area contributed by atoms with E-state index in [9.17, 15) is 0 Å². The molecule has 1 aliphatic rings. The smallest absolute Gasteiger partial charge is 0.106 e. The molecule has 1 aliphatic carbocycles. The minimum absolute atomic E-state index is 0.473. The molecule has 3 rings (SSSR count). The molecule has 114 valence electrons. The van der Waals surface area contributed by atoms with Crippen molar-refractivity contribution < 1.29 is 4.84 Å². The molecule has 0 N–H and O–H groups in total. The van der Waals surface area contributed by atoms with E-state index in [2.05, 4.69) is 22.3 Å². The highest BCUT2D eigenvalue weighted by atomic mass is 35.5. The second kappa shape index (κ2) is 6.23. The van der Waals surface area contributed by atoms with Gasteiger partial charge in [-0.05, 0) is 43.0 Å². The lowest BCUT2D eigenvalue weighted by molar-refractivity contribution is 0.212. The second-order valence-electron chi connectivity index (χ2n) is 5.45. The van der Waals surface area contributed by atoms with E-state index in [0.717, 1.165) is 35.4 Å². The molecule has 1 aromatic carbocycles. The molecule has 0 aliphatic heterocycles. The summed E-state index contributed by atoms with van der Waals surface area (Å²) < 4.78 is 0. The maximum absolute atomic E-state index is 6.26. The van der Waals surface area contributed by atoms with Crippen LogP contribution in [0.25, 0.3) is 11.3 Å². The van der Waals surface area contributed by atoms with Crippen LogP contribution in [-0.4, -0.2) is 23.0 Å². The molecule has 4 nitrogen and oxygen atoms in total. The zero-order valence-electron chi connectivity index (χ0n) is 12.3.